The fourth-order valence-electron chi connectivity index (χ4n) is 1.61. The SMILES string of the molecule is Cl.Cl.c1ccc(CCNCc2ccncc2)cc1. The van der Waals surface area contributed by atoms with Crippen LogP contribution in [0.3, 0.4) is 0 Å². The van der Waals surface area contributed by atoms with Gasteiger partial charge >= 0.3 is 0 Å². The summed E-state index contributed by atoms with van der Waals surface area (Å²) in [4.78, 5) is 3.99. The highest BCUT2D eigenvalue weighted by molar-refractivity contribution is 5.85. The molecule has 0 spiro atoms. The quantitative estimate of drug-likeness (QED) is 0.853. The molecule has 0 aliphatic rings. The zero-order valence-corrected chi connectivity index (χ0v) is 11.7. The van der Waals surface area contributed by atoms with Crippen molar-refractivity contribution in [3.8, 4) is 0 Å². The molecule has 2 nitrogen and oxygen atoms in total. The van der Waals surface area contributed by atoms with Gasteiger partial charge in [0.05, 0.1) is 0 Å². The molecular formula is C14H18Cl2N2. The van der Waals surface area contributed by atoms with Crippen molar-refractivity contribution in [2.24, 2.45) is 0 Å². The van der Waals surface area contributed by atoms with Crippen molar-refractivity contribution in [1.29, 1.82) is 0 Å². The highest BCUT2D eigenvalue weighted by Gasteiger charge is 1.92. The van der Waals surface area contributed by atoms with E-state index in [0.29, 0.717) is 0 Å². The van der Waals surface area contributed by atoms with Gasteiger partial charge in [-0.2, -0.15) is 0 Å². The second-order valence-electron chi connectivity index (χ2n) is 3.77. The Kier molecular flexibility index (Phi) is 9.29. The third kappa shape index (κ3) is 6.01. The molecule has 0 aliphatic heterocycles. The Morgan fingerprint density at radius 3 is 2.17 bits per heavy atom. The second-order valence-corrected chi connectivity index (χ2v) is 3.77. The average Bonchev–Trinajstić information content (AvgIpc) is 2.37. The number of nitrogens with zero attached hydrogens (tertiary/aromatic N) is 1. The summed E-state index contributed by atoms with van der Waals surface area (Å²) in [6, 6.07) is 14.6. The van der Waals surface area contributed by atoms with E-state index in [1.165, 1.54) is 11.1 Å². The minimum Gasteiger partial charge on any atom is -0.312 e. The van der Waals surface area contributed by atoms with Crippen molar-refractivity contribution in [1.82, 2.24) is 10.3 Å². The summed E-state index contributed by atoms with van der Waals surface area (Å²) >= 11 is 0. The lowest BCUT2D eigenvalue weighted by molar-refractivity contribution is 0.686. The van der Waals surface area contributed by atoms with Crippen LogP contribution < -0.4 is 5.32 Å². The molecule has 0 bridgehead atoms. The summed E-state index contributed by atoms with van der Waals surface area (Å²) in [6.07, 6.45) is 4.73. The van der Waals surface area contributed by atoms with Crippen molar-refractivity contribution >= 4 is 24.8 Å². The first-order chi connectivity index (χ1) is 7.95. The maximum absolute atomic E-state index is 3.99. The van der Waals surface area contributed by atoms with Gasteiger partial charge in [0.15, 0.2) is 0 Å². The zero-order valence-electron chi connectivity index (χ0n) is 10.1. The molecule has 1 aromatic carbocycles. The molecule has 1 N–H and O–H groups in total. The van der Waals surface area contributed by atoms with Gasteiger partial charge in [-0.25, -0.2) is 0 Å². The summed E-state index contributed by atoms with van der Waals surface area (Å²) in [5, 5.41) is 3.42. The largest absolute Gasteiger partial charge is 0.312 e. The normalized spacial score (nSPS) is 9.11. The summed E-state index contributed by atoms with van der Waals surface area (Å²) < 4.78 is 0. The molecule has 98 valence electrons. The van der Waals surface area contributed by atoms with Crippen molar-refractivity contribution in [3.05, 3.63) is 66.0 Å². The van der Waals surface area contributed by atoms with Gasteiger partial charge in [-0.1, -0.05) is 30.3 Å². The molecule has 2 rings (SSSR count). The number of benzene rings is 1. The van der Waals surface area contributed by atoms with E-state index in [-0.39, 0.29) is 24.8 Å². The van der Waals surface area contributed by atoms with E-state index >= 15 is 0 Å². The number of hydrogen-bond acceptors (Lipinski definition) is 2. The van der Waals surface area contributed by atoms with E-state index in [9.17, 15) is 0 Å². The number of nitrogens with one attached hydrogen (secondary N) is 1. The summed E-state index contributed by atoms with van der Waals surface area (Å²) in [7, 11) is 0. The molecule has 0 amide bonds. The molecular weight excluding hydrogens is 267 g/mol. The van der Waals surface area contributed by atoms with Crippen LogP contribution in [0.1, 0.15) is 11.1 Å². The van der Waals surface area contributed by atoms with E-state index in [2.05, 4.69) is 34.6 Å². The molecule has 0 radical (unpaired) electrons. The molecule has 1 aromatic heterocycles. The van der Waals surface area contributed by atoms with E-state index in [1.807, 2.05) is 30.6 Å². The Labute approximate surface area is 121 Å². The lowest BCUT2D eigenvalue weighted by Gasteiger charge is -2.04. The van der Waals surface area contributed by atoms with Gasteiger partial charge in [0.1, 0.15) is 0 Å². The van der Waals surface area contributed by atoms with Gasteiger partial charge in [0, 0.05) is 18.9 Å². The molecule has 0 aliphatic carbocycles. The van der Waals surface area contributed by atoms with Crippen LogP contribution in [0.5, 0.6) is 0 Å². The Balaban J connectivity index is 0.00000144. The smallest absolute Gasteiger partial charge is 0.0271 e. The van der Waals surface area contributed by atoms with Crippen LogP contribution in [0.2, 0.25) is 0 Å². The Bertz CT molecular complexity index is 365. The molecule has 2 aromatic rings. The molecule has 0 saturated heterocycles. The number of hydrogen-bond donors (Lipinski definition) is 1. The van der Waals surface area contributed by atoms with Crippen molar-refractivity contribution in [3.63, 3.8) is 0 Å². The first-order valence-electron chi connectivity index (χ1n) is 5.59. The number of pyridine rings is 1. The minimum absolute atomic E-state index is 0. The fourth-order valence-corrected chi connectivity index (χ4v) is 1.61. The van der Waals surface area contributed by atoms with Crippen LogP contribution in [0.15, 0.2) is 54.9 Å². The average molecular weight is 285 g/mol. The van der Waals surface area contributed by atoms with Crippen molar-refractivity contribution < 1.29 is 0 Å². The minimum atomic E-state index is 0. The molecule has 1 heterocycles. The molecule has 0 atom stereocenters. The Hall–Kier alpha value is -1.09. The van der Waals surface area contributed by atoms with E-state index in [4.69, 9.17) is 0 Å². The standard InChI is InChI=1S/C14H16N2.2ClH/c1-2-4-13(5-3-1)6-11-16-12-14-7-9-15-10-8-14;;/h1-5,7-10,16H,6,11-12H2;2*1H. The first-order valence-corrected chi connectivity index (χ1v) is 5.59. The molecule has 0 fully saturated rings. The Morgan fingerprint density at radius 1 is 0.833 bits per heavy atom. The lowest BCUT2D eigenvalue weighted by Crippen LogP contribution is -2.16. The van der Waals surface area contributed by atoms with Crippen LogP contribution in [0.4, 0.5) is 0 Å². The topological polar surface area (TPSA) is 24.9 Å². The lowest BCUT2D eigenvalue weighted by atomic mass is 10.1. The van der Waals surface area contributed by atoms with Crippen LogP contribution >= 0.6 is 24.8 Å². The predicted molar refractivity (Wildman–Crippen MR) is 80.6 cm³/mol. The monoisotopic (exact) mass is 284 g/mol. The molecule has 4 heteroatoms. The molecule has 18 heavy (non-hydrogen) atoms. The maximum atomic E-state index is 3.99. The van der Waals surface area contributed by atoms with Gasteiger partial charge in [0.2, 0.25) is 0 Å². The number of rotatable bonds is 5. The van der Waals surface area contributed by atoms with Crippen molar-refractivity contribution in [2.75, 3.05) is 6.54 Å². The highest BCUT2D eigenvalue weighted by atomic mass is 35.5. The van der Waals surface area contributed by atoms with Crippen LogP contribution in [-0.2, 0) is 13.0 Å². The second kappa shape index (κ2) is 9.89. The van der Waals surface area contributed by atoms with Gasteiger partial charge < -0.3 is 5.32 Å². The highest BCUT2D eigenvalue weighted by Crippen LogP contribution is 1.99. The Morgan fingerprint density at radius 2 is 1.50 bits per heavy atom. The number of aromatic nitrogens is 1. The van der Waals surface area contributed by atoms with Gasteiger partial charge in [0.25, 0.3) is 0 Å². The number of halogens is 2. The van der Waals surface area contributed by atoms with Gasteiger partial charge in [-0.15, -0.1) is 24.8 Å². The third-order valence-electron chi connectivity index (χ3n) is 2.51. The van der Waals surface area contributed by atoms with Gasteiger partial charge in [-0.05, 0) is 36.2 Å². The van der Waals surface area contributed by atoms with E-state index in [1.54, 1.807) is 0 Å². The van der Waals surface area contributed by atoms with E-state index < -0.39 is 0 Å². The summed E-state index contributed by atoms with van der Waals surface area (Å²) in [5.74, 6) is 0. The predicted octanol–water partition coefficient (Wildman–Crippen LogP) is 3.26. The molecule has 0 saturated carbocycles. The van der Waals surface area contributed by atoms with Crippen LogP contribution in [0.25, 0.3) is 0 Å². The fraction of sp³-hybridized carbons (Fsp3) is 0.214. The molecule has 0 unspecified atom stereocenters. The third-order valence-corrected chi connectivity index (χ3v) is 2.51. The maximum Gasteiger partial charge on any atom is 0.0271 e. The zero-order chi connectivity index (χ0) is 11.1. The summed E-state index contributed by atoms with van der Waals surface area (Å²) in [5.41, 5.74) is 2.66. The van der Waals surface area contributed by atoms with Crippen LogP contribution in [-0.4, -0.2) is 11.5 Å². The van der Waals surface area contributed by atoms with Crippen LogP contribution in [0, 0.1) is 0 Å². The van der Waals surface area contributed by atoms with E-state index in [0.717, 1.165) is 19.5 Å². The summed E-state index contributed by atoms with van der Waals surface area (Å²) in [6.45, 7) is 1.92. The van der Waals surface area contributed by atoms with Gasteiger partial charge in [-0.3, -0.25) is 4.98 Å². The van der Waals surface area contributed by atoms with Crippen molar-refractivity contribution in [2.45, 2.75) is 13.0 Å². The first kappa shape index (κ1) is 16.9.